The number of aromatic amines is 1. The smallest absolute Gasteiger partial charge is 0.0455 e. The van der Waals surface area contributed by atoms with Crippen molar-refractivity contribution in [3.05, 3.63) is 30.5 Å². The molecule has 2 heteroatoms. The Balaban J connectivity index is 1.75. The SMILES string of the molecule is CCCCCCCNc1ccc2[nH]ccc2c1. The predicted octanol–water partition coefficient (Wildman–Crippen LogP) is 4.55. The zero-order chi connectivity index (χ0) is 11.9. The number of unbranched alkanes of at least 4 members (excludes halogenated alkanes) is 4. The summed E-state index contributed by atoms with van der Waals surface area (Å²) in [4.78, 5) is 3.21. The molecule has 2 aromatic rings. The van der Waals surface area contributed by atoms with Crippen LogP contribution in [0.2, 0.25) is 0 Å². The number of hydrogen-bond donors (Lipinski definition) is 2. The summed E-state index contributed by atoms with van der Waals surface area (Å²) in [6, 6.07) is 8.60. The first-order valence-electron chi connectivity index (χ1n) is 6.71. The van der Waals surface area contributed by atoms with Crippen molar-refractivity contribution in [2.24, 2.45) is 0 Å². The van der Waals surface area contributed by atoms with Crippen molar-refractivity contribution in [3.63, 3.8) is 0 Å². The molecule has 0 aliphatic heterocycles. The highest BCUT2D eigenvalue weighted by molar-refractivity contribution is 5.82. The summed E-state index contributed by atoms with van der Waals surface area (Å²) in [6.07, 6.45) is 8.65. The summed E-state index contributed by atoms with van der Waals surface area (Å²) < 4.78 is 0. The van der Waals surface area contributed by atoms with Crippen LogP contribution >= 0.6 is 0 Å². The lowest BCUT2D eigenvalue weighted by atomic mass is 10.1. The van der Waals surface area contributed by atoms with Gasteiger partial charge >= 0.3 is 0 Å². The highest BCUT2D eigenvalue weighted by Gasteiger charge is 1.96. The van der Waals surface area contributed by atoms with E-state index >= 15 is 0 Å². The van der Waals surface area contributed by atoms with E-state index in [1.54, 1.807) is 0 Å². The third-order valence-corrected chi connectivity index (χ3v) is 3.16. The number of anilines is 1. The van der Waals surface area contributed by atoms with E-state index in [-0.39, 0.29) is 0 Å². The zero-order valence-corrected chi connectivity index (χ0v) is 10.6. The van der Waals surface area contributed by atoms with E-state index in [1.807, 2.05) is 6.20 Å². The van der Waals surface area contributed by atoms with Crippen LogP contribution in [0.15, 0.2) is 30.5 Å². The van der Waals surface area contributed by atoms with Gasteiger partial charge in [0.05, 0.1) is 0 Å². The fourth-order valence-corrected chi connectivity index (χ4v) is 2.12. The maximum Gasteiger partial charge on any atom is 0.0455 e. The maximum atomic E-state index is 3.49. The van der Waals surface area contributed by atoms with E-state index in [1.165, 1.54) is 48.7 Å². The van der Waals surface area contributed by atoms with Crippen molar-refractivity contribution < 1.29 is 0 Å². The standard InChI is InChI=1S/C15H22N2/c1-2-3-4-5-6-10-16-14-7-8-15-13(12-14)9-11-17-15/h7-9,11-12,16-17H,2-6,10H2,1H3. The molecule has 0 saturated carbocycles. The molecule has 1 aromatic heterocycles. The lowest BCUT2D eigenvalue weighted by Crippen LogP contribution is -2.00. The Bertz CT molecular complexity index is 445. The van der Waals surface area contributed by atoms with Crippen LogP contribution in [-0.4, -0.2) is 11.5 Å². The molecule has 0 spiro atoms. The summed E-state index contributed by atoms with van der Waals surface area (Å²) >= 11 is 0. The summed E-state index contributed by atoms with van der Waals surface area (Å²) in [5.74, 6) is 0. The Morgan fingerprint density at radius 1 is 1.06 bits per heavy atom. The first-order chi connectivity index (χ1) is 8.40. The van der Waals surface area contributed by atoms with Crippen molar-refractivity contribution in [2.75, 3.05) is 11.9 Å². The molecule has 2 rings (SSSR count). The summed E-state index contributed by atoms with van der Waals surface area (Å²) in [6.45, 7) is 3.34. The average molecular weight is 230 g/mol. The van der Waals surface area contributed by atoms with Crippen LogP contribution in [0.1, 0.15) is 39.0 Å². The monoisotopic (exact) mass is 230 g/mol. The van der Waals surface area contributed by atoms with Gasteiger partial charge in [-0.3, -0.25) is 0 Å². The van der Waals surface area contributed by atoms with Gasteiger partial charge in [0.15, 0.2) is 0 Å². The first kappa shape index (κ1) is 12.0. The second-order valence-electron chi connectivity index (χ2n) is 4.62. The van der Waals surface area contributed by atoms with Gasteiger partial charge in [-0.1, -0.05) is 32.6 Å². The molecular weight excluding hydrogens is 208 g/mol. The van der Waals surface area contributed by atoms with Gasteiger partial charge in [-0.15, -0.1) is 0 Å². The molecule has 92 valence electrons. The number of hydrogen-bond acceptors (Lipinski definition) is 1. The first-order valence-corrected chi connectivity index (χ1v) is 6.71. The minimum Gasteiger partial charge on any atom is -0.385 e. The molecule has 0 fully saturated rings. The molecule has 0 radical (unpaired) electrons. The number of rotatable bonds is 7. The second-order valence-corrected chi connectivity index (χ2v) is 4.62. The van der Waals surface area contributed by atoms with Crippen LogP contribution in [0.3, 0.4) is 0 Å². The fourth-order valence-electron chi connectivity index (χ4n) is 2.12. The van der Waals surface area contributed by atoms with Crippen molar-refractivity contribution in [3.8, 4) is 0 Å². The molecule has 0 aliphatic carbocycles. The van der Waals surface area contributed by atoms with E-state index in [2.05, 4.69) is 41.5 Å². The average Bonchev–Trinajstić information content (AvgIpc) is 2.81. The highest BCUT2D eigenvalue weighted by Crippen LogP contribution is 2.17. The van der Waals surface area contributed by atoms with Crippen molar-refractivity contribution in [2.45, 2.75) is 39.0 Å². The Kier molecular flexibility index (Phi) is 4.48. The second kappa shape index (κ2) is 6.33. The van der Waals surface area contributed by atoms with Crippen molar-refractivity contribution in [1.82, 2.24) is 4.98 Å². The Labute approximate surface area is 103 Å². The van der Waals surface area contributed by atoms with Gasteiger partial charge in [0, 0.05) is 29.3 Å². The molecule has 0 atom stereocenters. The van der Waals surface area contributed by atoms with Crippen LogP contribution in [-0.2, 0) is 0 Å². The van der Waals surface area contributed by atoms with E-state index in [9.17, 15) is 0 Å². The molecule has 0 saturated heterocycles. The van der Waals surface area contributed by atoms with Crippen molar-refractivity contribution >= 4 is 16.6 Å². The van der Waals surface area contributed by atoms with Crippen LogP contribution in [0, 0.1) is 0 Å². The Hall–Kier alpha value is -1.44. The van der Waals surface area contributed by atoms with Crippen LogP contribution in [0.4, 0.5) is 5.69 Å². The van der Waals surface area contributed by atoms with Crippen LogP contribution in [0.5, 0.6) is 0 Å². The zero-order valence-electron chi connectivity index (χ0n) is 10.6. The minimum absolute atomic E-state index is 1.08. The third-order valence-electron chi connectivity index (χ3n) is 3.16. The van der Waals surface area contributed by atoms with Gasteiger partial charge in [-0.25, -0.2) is 0 Å². The Morgan fingerprint density at radius 2 is 1.94 bits per heavy atom. The number of aromatic nitrogens is 1. The van der Waals surface area contributed by atoms with Gasteiger partial charge in [0.2, 0.25) is 0 Å². The van der Waals surface area contributed by atoms with Crippen LogP contribution < -0.4 is 5.32 Å². The molecule has 1 heterocycles. The van der Waals surface area contributed by atoms with Crippen LogP contribution in [0.25, 0.3) is 10.9 Å². The quantitative estimate of drug-likeness (QED) is 0.671. The van der Waals surface area contributed by atoms with Gasteiger partial charge in [0.25, 0.3) is 0 Å². The largest absolute Gasteiger partial charge is 0.385 e. The molecule has 2 N–H and O–H groups in total. The fraction of sp³-hybridized carbons (Fsp3) is 0.467. The van der Waals surface area contributed by atoms with E-state index in [0.29, 0.717) is 0 Å². The third kappa shape index (κ3) is 3.52. The molecule has 0 amide bonds. The highest BCUT2D eigenvalue weighted by atomic mass is 14.9. The minimum atomic E-state index is 1.08. The predicted molar refractivity (Wildman–Crippen MR) is 75.5 cm³/mol. The summed E-state index contributed by atoms with van der Waals surface area (Å²) in [5.41, 5.74) is 2.44. The molecular formula is C15H22N2. The lowest BCUT2D eigenvalue weighted by Gasteiger charge is -2.06. The number of nitrogens with one attached hydrogen (secondary N) is 2. The van der Waals surface area contributed by atoms with Gasteiger partial charge in [-0.05, 0) is 30.7 Å². The molecule has 1 aromatic carbocycles. The van der Waals surface area contributed by atoms with E-state index in [0.717, 1.165) is 6.54 Å². The number of benzene rings is 1. The molecule has 17 heavy (non-hydrogen) atoms. The summed E-state index contributed by atoms with van der Waals surface area (Å²) in [5, 5.41) is 4.77. The Morgan fingerprint density at radius 3 is 2.82 bits per heavy atom. The van der Waals surface area contributed by atoms with E-state index < -0.39 is 0 Å². The topological polar surface area (TPSA) is 27.8 Å². The molecule has 2 nitrogen and oxygen atoms in total. The number of fused-ring (bicyclic) bond motifs is 1. The molecule has 0 bridgehead atoms. The summed E-state index contributed by atoms with van der Waals surface area (Å²) in [7, 11) is 0. The normalized spacial score (nSPS) is 10.9. The van der Waals surface area contributed by atoms with Crippen molar-refractivity contribution in [1.29, 1.82) is 0 Å². The molecule has 0 aliphatic rings. The maximum absolute atomic E-state index is 3.49. The van der Waals surface area contributed by atoms with Gasteiger partial charge in [-0.2, -0.15) is 0 Å². The van der Waals surface area contributed by atoms with E-state index in [4.69, 9.17) is 0 Å². The number of H-pyrrole nitrogens is 1. The lowest BCUT2D eigenvalue weighted by molar-refractivity contribution is 0.645. The van der Waals surface area contributed by atoms with Gasteiger partial charge in [0.1, 0.15) is 0 Å². The molecule has 0 unspecified atom stereocenters. The van der Waals surface area contributed by atoms with Gasteiger partial charge < -0.3 is 10.3 Å².